The lowest BCUT2D eigenvalue weighted by molar-refractivity contribution is -0.132. The molecule has 6 aromatic rings. The van der Waals surface area contributed by atoms with E-state index in [-0.39, 0.29) is 16.7 Å². The number of benzene rings is 4. The van der Waals surface area contributed by atoms with Crippen molar-refractivity contribution in [1.29, 1.82) is 0 Å². The summed E-state index contributed by atoms with van der Waals surface area (Å²) in [5, 5.41) is 3.89. The number of sulfonamides is 1. The molecule has 9 nitrogen and oxygen atoms in total. The molecule has 2 aromatic heterocycles. The first-order chi connectivity index (χ1) is 22.7. The first-order valence-corrected chi connectivity index (χ1v) is 16.6. The minimum absolute atomic E-state index is 0.0474. The maximum Gasteiger partial charge on any atom is 0.264 e. The van der Waals surface area contributed by atoms with Gasteiger partial charge in [-0.05, 0) is 61.2 Å². The number of nitrogens with zero attached hydrogens (tertiary/aromatic N) is 3. The molecule has 238 valence electrons. The van der Waals surface area contributed by atoms with Gasteiger partial charge in [0.15, 0.2) is 0 Å². The third-order valence-electron chi connectivity index (χ3n) is 8.47. The second-order valence-electron chi connectivity index (χ2n) is 11.3. The van der Waals surface area contributed by atoms with Crippen LogP contribution in [0.3, 0.4) is 0 Å². The van der Waals surface area contributed by atoms with E-state index < -0.39 is 22.0 Å². The van der Waals surface area contributed by atoms with Gasteiger partial charge in [-0.1, -0.05) is 90.1 Å². The van der Waals surface area contributed by atoms with E-state index in [1.165, 1.54) is 6.26 Å². The Kier molecular flexibility index (Phi) is 8.78. The third-order valence-corrected chi connectivity index (χ3v) is 9.86. The van der Waals surface area contributed by atoms with Gasteiger partial charge >= 0.3 is 0 Å². The van der Waals surface area contributed by atoms with Gasteiger partial charge in [0, 0.05) is 23.7 Å². The molecular formula is C37H34N4O5S. The summed E-state index contributed by atoms with van der Waals surface area (Å²) < 4.78 is 41.1. The molecular weight excluding hydrogens is 612 g/mol. The number of carbonyl (C=O) groups excluding carboxylic acids is 1. The van der Waals surface area contributed by atoms with Crippen molar-refractivity contribution >= 4 is 21.8 Å². The van der Waals surface area contributed by atoms with Gasteiger partial charge in [-0.25, -0.2) is 18.1 Å². The molecule has 0 radical (unpaired) electrons. The zero-order valence-corrected chi connectivity index (χ0v) is 27.2. The quantitative estimate of drug-likeness (QED) is 0.162. The first kappa shape index (κ1) is 31.5. The predicted molar refractivity (Wildman–Crippen MR) is 180 cm³/mol. The summed E-state index contributed by atoms with van der Waals surface area (Å²) in [7, 11) is -2.34. The first-order valence-electron chi connectivity index (χ1n) is 15.1. The molecule has 0 saturated heterocycles. The Labute approximate surface area is 273 Å². The molecule has 6 rings (SSSR count). The predicted octanol–water partition coefficient (Wildman–Crippen LogP) is 7.77. The fourth-order valence-electron chi connectivity index (χ4n) is 5.64. The SMILES string of the molecule is Cc1noc(NS(=O)(=O)c2ccccc2-c2ccc(-c3ncco3)cc2C(C)N(C)C(=O)C(c2ccccc2)c2ccccc2)c1C. The summed E-state index contributed by atoms with van der Waals surface area (Å²) >= 11 is 0. The lowest BCUT2D eigenvalue weighted by atomic mass is 9.88. The van der Waals surface area contributed by atoms with Crippen LogP contribution in [0.1, 0.15) is 46.8 Å². The van der Waals surface area contributed by atoms with Crippen LogP contribution in [0.15, 0.2) is 129 Å². The Balaban J connectivity index is 1.45. The van der Waals surface area contributed by atoms with Gasteiger partial charge in [0.2, 0.25) is 17.7 Å². The molecule has 10 heteroatoms. The summed E-state index contributed by atoms with van der Waals surface area (Å²) in [5.41, 5.74) is 5.43. The van der Waals surface area contributed by atoms with E-state index in [1.54, 1.807) is 56.3 Å². The van der Waals surface area contributed by atoms with E-state index >= 15 is 0 Å². The van der Waals surface area contributed by atoms with Crippen molar-refractivity contribution in [3.63, 3.8) is 0 Å². The van der Waals surface area contributed by atoms with Gasteiger partial charge in [0.05, 0.1) is 28.7 Å². The number of likely N-dealkylation sites (N-methyl/N-ethyl adjacent to an activating group) is 1. The fraction of sp³-hybridized carbons (Fsp3) is 0.162. The summed E-state index contributed by atoms with van der Waals surface area (Å²) in [6, 6.07) is 31.2. The lowest BCUT2D eigenvalue weighted by Gasteiger charge is -2.31. The van der Waals surface area contributed by atoms with Crippen molar-refractivity contribution in [3.05, 3.63) is 144 Å². The van der Waals surface area contributed by atoms with Gasteiger partial charge in [0.1, 0.15) is 6.26 Å². The Bertz CT molecular complexity index is 2070. The number of anilines is 1. The van der Waals surface area contributed by atoms with Crippen LogP contribution in [0.4, 0.5) is 5.88 Å². The second-order valence-corrected chi connectivity index (χ2v) is 13.0. The summed E-state index contributed by atoms with van der Waals surface area (Å²) in [5.74, 6) is -0.192. The van der Waals surface area contributed by atoms with Crippen LogP contribution < -0.4 is 4.72 Å². The van der Waals surface area contributed by atoms with Gasteiger partial charge in [-0.15, -0.1) is 0 Å². The number of hydrogen-bond acceptors (Lipinski definition) is 7. The van der Waals surface area contributed by atoms with Gasteiger partial charge in [-0.3, -0.25) is 4.79 Å². The van der Waals surface area contributed by atoms with Crippen molar-refractivity contribution in [1.82, 2.24) is 15.0 Å². The van der Waals surface area contributed by atoms with Crippen molar-refractivity contribution in [3.8, 4) is 22.6 Å². The zero-order valence-electron chi connectivity index (χ0n) is 26.4. The standard InChI is InChI=1S/C37H34N4O5S/c1-24-25(2)39-46-35(24)40-47(43,44)33-18-12-11-17-31(33)30-20-19-29(36-38-21-22-45-36)23-32(30)26(3)41(4)37(42)34(27-13-7-5-8-14-27)28-15-9-6-10-16-28/h5-23,26,34,40H,1-4H3. The van der Waals surface area contributed by atoms with E-state index in [4.69, 9.17) is 8.94 Å². The highest BCUT2D eigenvalue weighted by Crippen LogP contribution is 2.39. The molecule has 0 aliphatic carbocycles. The molecule has 1 atom stereocenters. The van der Waals surface area contributed by atoms with Crippen LogP contribution in [0.5, 0.6) is 0 Å². The molecule has 1 N–H and O–H groups in total. The highest BCUT2D eigenvalue weighted by molar-refractivity contribution is 7.92. The highest BCUT2D eigenvalue weighted by Gasteiger charge is 2.31. The van der Waals surface area contributed by atoms with Crippen molar-refractivity contribution in [2.24, 2.45) is 0 Å². The second kappa shape index (κ2) is 13.1. The maximum atomic E-state index is 14.5. The summed E-state index contributed by atoms with van der Waals surface area (Å²) in [6.07, 6.45) is 3.06. The Hall–Kier alpha value is -5.48. The van der Waals surface area contributed by atoms with Gasteiger partial charge < -0.3 is 13.8 Å². The van der Waals surface area contributed by atoms with Crippen molar-refractivity contribution < 1.29 is 22.2 Å². The largest absolute Gasteiger partial charge is 0.445 e. The molecule has 0 fully saturated rings. The number of carbonyl (C=O) groups is 1. The van der Waals surface area contributed by atoms with E-state index in [0.717, 1.165) is 11.1 Å². The van der Waals surface area contributed by atoms with Crippen LogP contribution >= 0.6 is 0 Å². The molecule has 2 heterocycles. The highest BCUT2D eigenvalue weighted by atomic mass is 32.2. The van der Waals surface area contributed by atoms with E-state index in [1.807, 2.05) is 85.8 Å². The smallest absolute Gasteiger partial charge is 0.264 e. The molecule has 0 bridgehead atoms. The molecule has 4 aromatic carbocycles. The minimum atomic E-state index is -4.11. The number of oxazole rings is 1. The minimum Gasteiger partial charge on any atom is -0.445 e. The van der Waals surface area contributed by atoms with Crippen molar-refractivity contribution in [2.75, 3.05) is 11.8 Å². The molecule has 0 aliphatic rings. The number of hydrogen-bond donors (Lipinski definition) is 1. The summed E-state index contributed by atoms with van der Waals surface area (Å²) in [4.78, 5) is 20.5. The molecule has 0 aliphatic heterocycles. The normalized spacial score (nSPS) is 12.2. The molecule has 47 heavy (non-hydrogen) atoms. The molecule has 0 saturated carbocycles. The van der Waals surface area contributed by atoms with E-state index in [9.17, 15) is 13.2 Å². The Morgan fingerprint density at radius 2 is 1.49 bits per heavy atom. The summed E-state index contributed by atoms with van der Waals surface area (Å²) in [6.45, 7) is 5.41. The van der Waals surface area contributed by atoms with Crippen LogP contribution in [0.2, 0.25) is 0 Å². The average molecular weight is 647 g/mol. The maximum absolute atomic E-state index is 14.5. The van der Waals surface area contributed by atoms with Crippen LogP contribution in [0, 0.1) is 13.8 Å². The Morgan fingerprint density at radius 1 is 0.851 bits per heavy atom. The Morgan fingerprint density at radius 3 is 2.09 bits per heavy atom. The molecule has 1 unspecified atom stereocenters. The number of aromatic nitrogens is 2. The number of amides is 1. The zero-order chi connectivity index (χ0) is 33.1. The van der Waals surface area contributed by atoms with Crippen LogP contribution in [-0.2, 0) is 14.8 Å². The number of nitrogens with one attached hydrogen (secondary N) is 1. The number of rotatable bonds is 10. The van der Waals surface area contributed by atoms with E-state index in [2.05, 4.69) is 14.9 Å². The third kappa shape index (κ3) is 6.32. The molecule has 0 spiro atoms. The fourth-order valence-corrected chi connectivity index (χ4v) is 6.91. The average Bonchev–Trinajstić information content (AvgIpc) is 3.75. The van der Waals surface area contributed by atoms with Gasteiger partial charge in [0.25, 0.3) is 10.0 Å². The topological polar surface area (TPSA) is 119 Å². The van der Waals surface area contributed by atoms with Gasteiger partial charge in [-0.2, -0.15) is 0 Å². The van der Waals surface area contributed by atoms with Crippen LogP contribution in [0.25, 0.3) is 22.6 Å². The monoisotopic (exact) mass is 646 g/mol. The van der Waals surface area contributed by atoms with Crippen LogP contribution in [-0.4, -0.2) is 36.4 Å². The molecule has 1 amide bonds. The number of aryl methyl sites for hydroxylation is 1. The van der Waals surface area contributed by atoms with Crippen molar-refractivity contribution in [2.45, 2.75) is 37.6 Å². The lowest BCUT2D eigenvalue weighted by Crippen LogP contribution is -2.34. The van der Waals surface area contributed by atoms with E-state index in [0.29, 0.717) is 39.4 Å².